The predicted molar refractivity (Wildman–Crippen MR) is 79.8 cm³/mol. The molecule has 2 rings (SSSR count). The van der Waals surface area contributed by atoms with E-state index in [1.165, 1.54) is 13.2 Å². The quantitative estimate of drug-likeness (QED) is 0.651. The van der Waals surface area contributed by atoms with E-state index in [0.717, 1.165) is 5.56 Å². The van der Waals surface area contributed by atoms with E-state index in [1.807, 2.05) is 13.0 Å². The van der Waals surface area contributed by atoms with Gasteiger partial charge in [-0.05, 0) is 25.1 Å². The maximum atomic E-state index is 11.1. The van der Waals surface area contributed by atoms with Gasteiger partial charge in [0.1, 0.15) is 17.2 Å². The van der Waals surface area contributed by atoms with Crippen molar-refractivity contribution in [1.82, 2.24) is 0 Å². The number of nitrogens with one attached hydrogen (secondary N) is 1. The molecular formula is C15H16N2O4. The fraction of sp³-hybridized carbons (Fsp3) is 0.200. The number of aryl methyl sites for hydroxylation is 1. The lowest BCUT2D eigenvalue weighted by atomic mass is 10.1. The first-order chi connectivity index (χ1) is 10.0. The molecule has 0 radical (unpaired) electrons. The molecule has 0 heterocycles. The van der Waals surface area contributed by atoms with Crippen molar-refractivity contribution in [3.05, 3.63) is 57.6 Å². The lowest BCUT2D eigenvalue weighted by molar-refractivity contribution is -0.384. The summed E-state index contributed by atoms with van der Waals surface area (Å²) in [4.78, 5) is 10.6. The van der Waals surface area contributed by atoms with Crippen LogP contribution < -0.4 is 10.1 Å². The summed E-state index contributed by atoms with van der Waals surface area (Å²) in [5.41, 5.74) is 2.00. The van der Waals surface area contributed by atoms with Gasteiger partial charge in [-0.15, -0.1) is 0 Å². The molecule has 0 aliphatic carbocycles. The lowest BCUT2D eigenvalue weighted by Crippen LogP contribution is -2.03. The van der Waals surface area contributed by atoms with Crippen molar-refractivity contribution in [2.45, 2.75) is 13.5 Å². The van der Waals surface area contributed by atoms with E-state index >= 15 is 0 Å². The largest absolute Gasteiger partial charge is 0.508 e. The highest BCUT2D eigenvalue weighted by Gasteiger charge is 2.15. The Morgan fingerprint density at radius 2 is 2.05 bits per heavy atom. The number of nitro groups is 1. The molecule has 0 unspecified atom stereocenters. The van der Waals surface area contributed by atoms with Crippen LogP contribution in [0.3, 0.4) is 0 Å². The van der Waals surface area contributed by atoms with Crippen LogP contribution >= 0.6 is 0 Å². The monoisotopic (exact) mass is 288 g/mol. The Morgan fingerprint density at radius 1 is 1.29 bits per heavy atom. The van der Waals surface area contributed by atoms with E-state index in [1.54, 1.807) is 24.3 Å². The first-order valence-corrected chi connectivity index (χ1v) is 6.36. The van der Waals surface area contributed by atoms with Gasteiger partial charge in [0.15, 0.2) is 0 Å². The molecule has 6 heteroatoms. The molecule has 0 aliphatic rings. The standard InChI is InChI=1S/C15H16N2O4/c1-10-3-6-15(18)11(7-10)9-16-13-5-4-12(21-2)8-14(13)17(19)20/h3-8,16,18H,9H2,1-2H3. The van der Waals surface area contributed by atoms with Crippen LogP contribution in [0.25, 0.3) is 0 Å². The zero-order valence-corrected chi connectivity index (χ0v) is 11.8. The molecule has 2 N–H and O–H groups in total. The summed E-state index contributed by atoms with van der Waals surface area (Å²) in [6.45, 7) is 2.21. The van der Waals surface area contributed by atoms with Gasteiger partial charge in [-0.1, -0.05) is 17.7 Å². The minimum atomic E-state index is -0.471. The molecular weight excluding hydrogens is 272 g/mol. The number of aromatic hydroxyl groups is 1. The topological polar surface area (TPSA) is 84.6 Å². The number of anilines is 1. The van der Waals surface area contributed by atoms with Crippen molar-refractivity contribution < 1.29 is 14.8 Å². The van der Waals surface area contributed by atoms with Gasteiger partial charge in [-0.2, -0.15) is 0 Å². The normalized spacial score (nSPS) is 10.2. The molecule has 110 valence electrons. The number of ether oxygens (including phenoxy) is 1. The second-order valence-electron chi connectivity index (χ2n) is 4.63. The van der Waals surface area contributed by atoms with Gasteiger partial charge < -0.3 is 15.2 Å². The number of phenolic OH excluding ortho intramolecular Hbond substituents is 1. The zero-order chi connectivity index (χ0) is 15.4. The first kappa shape index (κ1) is 14.6. The molecule has 0 amide bonds. The highest BCUT2D eigenvalue weighted by molar-refractivity contribution is 5.64. The fourth-order valence-electron chi connectivity index (χ4n) is 1.99. The molecule has 6 nitrogen and oxygen atoms in total. The van der Waals surface area contributed by atoms with Crippen molar-refractivity contribution in [1.29, 1.82) is 0 Å². The number of hydrogen-bond acceptors (Lipinski definition) is 5. The smallest absolute Gasteiger partial charge is 0.296 e. The lowest BCUT2D eigenvalue weighted by Gasteiger charge is -2.10. The average Bonchev–Trinajstić information content (AvgIpc) is 2.48. The molecule has 0 fully saturated rings. The Hall–Kier alpha value is -2.76. The van der Waals surface area contributed by atoms with Crippen molar-refractivity contribution in [3.8, 4) is 11.5 Å². The van der Waals surface area contributed by atoms with Gasteiger partial charge in [0.25, 0.3) is 5.69 Å². The Balaban J connectivity index is 2.23. The molecule has 2 aromatic carbocycles. The average molecular weight is 288 g/mol. The zero-order valence-electron chi connectivity index (χ0n) is 11.8. The van der Waals surface area contributed by atoms with Crippen molar-refractivity contribution in [2.75, 3.05) is 12.4 Å². The number of nitrogens with zero attached hydrogens (tertiary/aromatic N) is 1. The van der Waals surface area contributed by atoms with Crippen LogP contribution in [-0.2, 0) is 6.54 Å². The molecule has 0 saturated heterocycles. The van der Waals surface area contributed by atoms with Crippen LogP contribution in [-0.4, -0.2) is 17.1 Å². The molecule has 0 aromatic heterocycles. The SMILES string of the molecule is COc1ccc(NCc2cc(C)ccc2O)c([N+](=O)[O-])c1. The summed E-state index contributed by atoms with van der Waals surface area (Å²) in [5, 5.41) is 23.8. The molecule has 0 saturated carbocycles. The summed E-state index contributed by atoms with van der Waals surface area (Å²) in [5.74, 6) is 0.579. The van der Waals surface area contributed by atoms with Gasteiger partial charge in [-0.3, -0.25) is 10.1 Å². The van der Waals surface area contributed by atoms with Crippen molar-refractivity contribution >= 4 is 11.4 Å². The van der Waals surface area contributed by atoms with Crippen LogP contribution in [0.2, 0.25) is 0 Å². The van der Waals surface area contributed by atoms with Gasteiger partial charge >= 0.3 is 0 Å². The maximum Gasteiger partial charge on any atom is 0.296 e. The fourth-order valence-corrected chi connectivity index (χ4v) is 1.99. The van der Waals surface area contributed by atoms with Crippen molar-refractivity contribution in [2.24, 2.45) is 0 Å². The van der Waals surface area contributed by atoms with Gasteiger partial charge in [0.2, 0.25) is 0 Å². The third-order valence-electron chi connectivity index (χ3n) is 3.11. The van der Waals surface area contributed by atoms with Crippen molar-refractivity contribution in [3.63, 3.8) is 0 Å². The third kappa shape index (κ3) is 3.42. The first-order valence-electron chi connectivity index (χ1n) is 6.36. The Labute approximate surface area is 122 Å². The van der Waals surface area contributed by atoms with Crippen LogP contribution in [0.1, 0.15) is 11.1 Å². The molecule has 2 aromatic rings. The minimum absolute atomic E-state index is 0.0681. The van der Waals surface area contributed by atoms with Gasteiger partial charge in [0.05, 0.1) is 18.1 Å². The third-order valence-corrected chi connectivity index (χ3v) is 3.11. The molecule has 0 bridgehead atoms. The minimum Gasteiger partial charge on any atom is -0.508 e. The highest BCUT2D eigenvalue weighted by Crippen LogP contribution is 2.30. The van der Waals surface area contributed by atoms with Crippen LogP contribution in [0.5, 0.6) is 11.5 Å². The second-order valence-corrected chi connectivity index (χ2v) is 4.63. The van der Waals surface area contributed by atoms with E-state index in [4.69, 9.17) is 4.74 Å². The van der Waals surface area contributed by atoms with E-state index in [0.29, 0.717) is 23.5 Å². The summed E-state index contributed by atoms with van der Waals surface area (Å²) in [7, 11) is 1.46. The number of hydrogen-bond donors (Lipinski definition) is 2. The Kier molecular flexibility index (Phi) is 4.27. The molecule has 0 spiro atoms. The number of rotatable bonds is 5. The molecule has 21 heavy (non-hydrogen) atoms. The van der Waals surface area contributed by atoms with Gasteiger partial charge in [-0.25, -0.2) is 0 Å². The number of benzene rings is 2. The number of phenols is 1. The second kappa shape index (κ2) is 6.13. The van der Waals surface area contributed by atoms with E-state index in [2.05, 4.69) is 5.32 Å². The van der Waals surface area contributed by atoms with Crippen LogP contribution in [0, 0.1) is 17.0 Å². The van der Waals surface area contributed by atoms with Crippen LogP contribution in [0.4, 0.5) is 11.4 Å². The molecule has 0 aliphatic heterocycles. The van der Waals surface area contributed by atoms with E-state index < -0.39 is 4.92 Å². The number of methoxy groups -OCH3 is 1. The Morgan fingerprint density at radius 3 is 2.71 bits per heavy atom. The van der Waals surface area contributed by atoms with E-state index in [9.17, 15) is 15.2 Å². The van der Waals surface area contributed by atoms with Gasteiger partial charge in [0, 0.05) is 12.1 Å². The van der Waals surface area contributed by atoms with E-state index in [-0.39, 0.29) is 11.4 Å². The Bertz CT molecular complexity index is 671. The summed E-state index contributed by atoms with van der Waals surface area (Å²) in [6, 6.07) is 9.83. The number of nitro benzene ring substituents is 1. The summed E-state index contributed by atoms with van der Waals surface area (Å²) >= 11 is 0. The maximum absolute atomic E-state index is 11.1. The highest BCUT2D eigenvalue weighted by atomic mass is 16.6. The predicted octanol–water partition coefficient (Wildman–Crippen LogP) is 3.23. The summed E-state index contributed by atoms with van der Waals surface area (Å²) < 4.78 is 4.99. The molecule has 0 atom stereocenters. The summed E-state index contributed by atoms with van der Waals surface area (Å²) in [6.07, 6.45) is 0. The van der Waals surface area contributed by atoms with Crippen LogP contribution in [0.15, 0.2) is 36.4 Å².